The zero-order valence-corrected chi connectivity index (χ0v) is 11.0. The standard InChI is InChI=1S/C11H15N3O4S/c15-10-9(5-12-11(16)13-10)19(17,18)14-8-4-6-1-2-7(8)3-6/h5-9,14H,1-4H2,(H,13,15,16). The predicted octanol–water partition coefficient (Wildman–Crippen LogP) is -0.216. The van der Waals surface area contributed by atoms with Crippen LogP contribution in [0.3, 0.4) is 0 Å². The molecule has 1 aliphatic heterocycles. The van der Waals surface area contributed by atoms with E-state index in [1.54, 1.807) is 0 Å². The summed E-state index contributed by atoms with van der Waals surface area (Å²) in [6.07, 6.45) is 5.02. The molecule has 3 rings (SSSR count). The number of hydrogen-bond acceptors (Lipinski definition) is 4. The maximum Gasteiger partial charge on any atom is 0.347 e. The summed E-state index contributed by atoms with van der Waals surface area (Å²) in [7, 11) is -3.83. The molecule has 2 aliphatic carbocycles. The van der Waals surface area contributed by atoms with Gasteiger partial charge in [0.2, 0.25) is 10.0 Å². The Balaban J connectivity index is 1.74. The zero-order valence-electron chi connectivity index (χ0n) is 10.2. The Morgan fingerprint density at radius 1 is 1.26 bits per heavy atom. The topological polar surface area (TPSA) is 105 Å². The molecule has 2 fully saturated rings. The van der Waals surface area contributed by atoms with Crippen LogP contribution in [0.5, 0.6) is 0 Å². The number of amides is 3. The second kappa shape index (κ2) is 4.38. The van der Waals surface area contributed by atoms with E-state index < -0.39 is 27.2 Å². The molecule has 0 aromatic heterocycles. The van der Waals surface area contributed by atoms with Crippen molar-refractivity contribution in [3.63, 3.8) is 0 Å². The van der Waals surface area contributed by atoms with Gasteiger partial charge in [-0.15, -0.1) is 0 Å². The van der Waals surface area contributed by atoms with Crippen molar-refractivity contribution >= 4 is 28.2 Å². The summed E-state index contributed by atoms with van der Waals surface area (Å²) < 4.78 is 26.9. The fourth-order valence-corrected chi connectivity index (χ4v) is 4.73. The van der Waals surface area contributed by atoms with Gasteiger partial charge in [0, 0.05) is 12.3 Å². The summed E-state index contributed by atoms with van der Waals surface area (Å²) in [5.41, 5.74) is 0. The first-order chi connectivity index (χ1) is 8.95. The lowest BCUT2D eigenvalue weighted by molar-refractivity contribution is -0.118. The van der Waals surface area contributed by atoms with Gasteiger partial charge in [-0.25, -0.2) is 22.9 Å². The molecule has 3 aliphatic rings. The summed E-state index contributed by atoms with van der Waals surface area (Å²) in [4.78, 5) is 25.7. The largest absolute Gasteiger partial charge is 0.347 e. The maximum atomic E-state index is 12.2. The number of nitrogens with one attached hydrogen (secondary N) is 2. The van der Waals surface area contributed by atoms with Gasteiger partial charge in [-0.3, -0.25) is 10.1 Å². The van der Waals surface area contributed by atoms with E-state index in [1.165, 1.54) is 6.42 Å². The van der Waals surface area contributed by atoms with Gasteiger partial charge in [-0.05, 0) is 31.1 Å². The summed E-state index contributed by atoms with van der Waals surface area (Å²) in [5.74, 6) is 0.147. The normalized spacial score (nSPS) is 37.7. The smallest absolute Gasteiger partial charge is 0.275 e. The van der Waals surface area contributed by atoms with Gasteiger partial charge in [0.1, 0.15) is 0 Å². The predicted molar refractivity (Wildman–Crippen MR) is 67.1 cm³/mol. The number of fused-ring (bicyclic) bond motifs is 2. The molecular weight excluding hydrogens is 270 g/mol. The Morgan fingerprint density at radius 2 is 2.05 bits per heavy atom. The molecule has 19 heavy (non-hydrogen) atoms. The van der Waals surface area contributed by atoms with E-state index in [0.717, 1.165) is 25.5 Å². The second-order valence-corrected chi connectivity index (χ2v) is 7.27. The quantitative estimate of drug-likeness (QED) is 0.748. The van der Waals surface area contributed by atoms with Crippen LogP contribution in [0.4, 0.5) is 4.79 Å². The van der Waals surface area contributed by atoms with Crippen molar-refractivity contribution < 1.29 is 18.0 Å². The highest BCUT2D eigenvalue weighted by Crippen LogP contribution is 2.44. The molecule has 1 heterocycles. The average Bonchev–Trinajstić information content (AvgIpc) is 2.89. The minimum Gasteiger partial charge on any atom is -0.275 e. The highest BCUT2D eigenvalue weighted by atomic mass is 32.2. The number of rotatable bonds is 3. The number of aliphatic imine (C=N–C) groups is 1. The van der Waals surface area contributed by atoms with E-state index >= 15 is 0 Å². The first-order valence-electron chi connectivity index (χ1n) is 6.36. The third kappa shape index (κ3) is 2.30. The van der Waals surface area contributed by atoms with E-state index in [1.807, 2.05) is 5.32 Å². The minimum atomic E-state index is -3.83. The first kappa shape index (κ1) is 12.7. The molecular formula is C11H15N3O4S. The van der Waals surface area contributed by atoms with E-state index in [4.69, 9.17) is 0 Å². The molecule has 3 amide bonds. The molecule has 0 spiro atoms. The van der Waals surface area contributed by atoms with Crippen LogP contribution in [-0.2, 0) is 14.8 Å². The van der Waals surface area contributed by atoms with E-state index in [9.17, 15) is 18.0 Å². The lowest BCUT2D eigenvalue weighted by Gasteiger charge is -2.25. The van der Waals surface area contributed by atoms with Gasteiger partial charge < -0.3 is 0 Å². The van der Waals surface area contributed by atoms with Gasteiger partial charge in [0.25, 0.3) is 5.91 Å². The second-order valence-electron chi connectivity index (χ2n) is 5.44. The highest BCUT2D eigenvalue weighted by Gasteiger charge is 2.44. The van der Waals surface area contributed by atoms with Crippen molar-refractivity contribution in [2.75, 3.05) is 0 Å². The number of urea groups is 1. The van der Waals surface area contributed by atoms with Crippen LogP contribution < -0.4 is 10.0 Å². The molecule has 0 saturated heterocycles. The number of carbonyl (C=O) groups excluding carboxylic acids is 2. The zero-order chi connectivity index (χ0) is 13.6. The van der Waals surface area contributed by atoms with Crippen molar-refractivity contribution in [2.24, 2.45) is 16.8 Å². The van der Waals surface area contributed by atoms with E-state index in [2.05, 4.69) is 9.71 Å². The first-order valence-corrected chi connectivity index (χ1v) is 7.90. The fraction of sp³-hybridized carbons (Fsp3) is 0.727. The van der Waals surface area contributed by atoms with Crippen LogP contribution in [0.25, 0.3) is 0 Å². The Labute approximate surface area is 110 Å². The SMILES string of the molecule is O=C1N=CC(S(=O)(=O)NC2CC3CCC2C3)C(=O)N1. The van der Waals surface area contributed by atoms with Crippen LogP contribution in [0.1, 0.15) is 25.7 Å². The number of hydrogen-bond donors (Lipinski definition) is 2. The third-order valence-electron chi connectivity index (χ3n) is 4.20. The van der Waals surface area contributed by atoms with Gasteiger partial charge in [0.15, 0.2) is 5.25 Å². The van der Waals surface area contributed by atoms with Crippen molar-refractivity contribution in [1.82, 2.24) is 10.0 Å². The molecule has 0 radical (unpaired) electrons. The lowest BCUT2D eigenvalue weighted by atomic mass is 9.96. The average molecular weight is 285 g/mol. The summed E-state index contributed by atoms with van der Waals surface area (Å²) in [6.45, 7) is 0. The third-order valence-corrected chi connectivity index (χ3v) is 5.84. The van der Waals surface area contributed by atoms with Gasteiger partial charge >= 0.3 is 6.03 Å². The molecule has 4 atom stereocenters. The van der Waals surface area contributed by atoms with Crippen molar-refractivity contribution in [3.8, 4) is 0 Å². The number of imide groups is 1. The molecule has 2 saturated carbocycles. The van der Waals surface area contributed by atoms with Crippen LogP contribution in [0.15, 0.2) is 4.99 Å². The van der Waals surface area contributed by atoms with Crippen LogP contribution in [0.2, 0.25) is 0 Å². The maximum absolute atomic E-state index is 12.2. The van der Waals surface area contributed by atoms with E-state index in [0.29, 0.717) is 11.8 Å². The van der Waals surface area contributed by atoms with Gasteiger partial charge in [-0.2, -0.15) is 0 Å². The molecule has 7 nitrogen and oxygen atoms in total. The number of sulfonamides is 1. The molecule has 2 bridgehead atoms. The lowest BCUT2D eigenvalue weighted by Crippen LogP contribution is -2.52. The van der Waals surface area contributed by atoms with Crippen molar-refractivity contribution in [3.05, 3.63) is 0 Å². The molecule has 104 valence electrons. The van der Waals surface area contributed by atoms with E-state index in [-0.39, 0.29) is 6.04 Å². The Morgan fingerprint density at radius 3 is 2.63 bits per heavy atom. The van der Waals surface area contributed by atoms with Gasteiger partial charge in [-0.1, -0.05) is 6.42 Å². The Kier molecular flexibility index (Phi) is 2.94. The van der Waals surface area contributed by atoms with Crippen molar-refractivity contribution in [1.29, 1.82) is 0 Å². The molecule has 0 aromatic carbocycles. The highest BCUT2D eigenvalue weighted by molar-refractivity contribution is 7.91. The van der Waals surface area contributed by atoms with Crippen LogP contribution >= 0.6 is 0 Å². The van der Waals surface area contributed by atoms with Crippen molar-refractivity contribution in [2.45, 2.75) is 37.0 Å². The summed E-state index contributed by atoms with van der Waals surface area (Å²) >= 11 is 0. The summed E-state index contributed by atoms with van der Waals surface area (Å²) in [6, 6.07) is -0.904. The molecule has 0 aromatic rings. The van der Waals surface area contributed by atoms with Crippen LogP contribution in [0, 0.1) is 11.8 Å². The molecule has 2 N–H and O–H groups in total. The molecule has 4 unspecified atom stereocenters. The fourth-order valence-electron chi connectivity index (χ4n) is 3.31. The number of carbonyl (C=O) groups is 2. The minimum absolute atomic E-state index is 0.0809. The number of nitrogens with zero attached hydrogens (tertiary/aromatic N) is 1. The Hall–Kier alpha value is -1.28. The monoisotopic (exact) mass is 285 g/mol. The summed E-state index contributed by atoms with van der Waals surface area (Å²) in [5, 5.41) is 0.487. The van der Waals surface area contributed by atoms with Gasteiger partial charge in [0.05, 0.1) is 0 Å². The van der Waals surface area contributed by atoms with Crippen LogP contribution in [-0.4, -0.2) is 37.9 Å². The Bertz CT molecular complexity index is 556. The molecule has 8 heteroatoms.